The molecule has 164 valence electrons. The van der Waals surface area contributed by atoms with Gasteiger partial charge in [0.15, 0.2) is 0 Å². The van der Waals surface area contributed by atoms with E-state index >= 15 is 0 Å². The number of nitrogens with two attached hydrogens (primary N) is 1. The van der Waals surface area contributed by atoms with Crippen LogP contribution >= 0.6 is 0 Å². The number of hydrogen-bond donors (Lipinski definition) is 3. The summed E-state index contributed by atoms with van der Waals surface area (Å²) in [6.45, 7) is 7.59. The number of nitrogens with one attached hydrogen (secondary N) is 2. The van der Waals surface area contributed by atoms with Crippen LogP contribution in [0.2, 0.25) is 0 Å². The molecule has 2 atom stereocenters. The molecule has 2 amide bonds. The topological polar surface area (TPSA) is 93.5 Å². The zero-order valence-corrected chi connectivity index (χ0v) is 18.6. The molecule has 0 aromatic heterocycles. The van der Waals surface area contributed by atoms with Gasteiger partial charge in [0, 0.05) is 5.69 Å². The second-order valence-electron chi connectivity index (χ2n) is 10.6. The van der Waals surface area contributed by atoms with Gasteiger partial charge < -0.3 is 21.1 Å². The lowest BCUT2D eigenvalue weighted by Gasteiger charge is -2.29. The molecule has 1 aromatic rings. The molecule has 4 rings (SSSR count). The average molecular weight is 414 g/mol. The highest BCUT2D eigenvalue weighted by atomic mass is 16.6. The Balaban J connectivity index is 1.42. The molecule has 0 saturated heterocycles. The van der Waals surface area contributed by atoms with E-state index in [1.54, 1.807) is 0 Å². The molecule has 0 bridgehead atoms. The number of aryl methyl sites for hydroxylation is 1. The Bertz CT molecular complexity index is 827. The van der Waals surface area contributed by atoms with Crippen molar-refractivity contribution in [3.63, 3.8) is 0 Å². The maximum atomic E-state index is 12.8. The Morgan fingerprint density at radius 2 is 1.80 bits per heavy atom. The summed E-state index contributed by atoms with van der Waals surface area (Å²) in [5.74, 6) is 1.53. The van der Waals surface area contributed by atoms with Gasteiger partial charge in [0.2, 0.25) is 5.91 Å². The SMILES string of the molecule is CC(C)(C)OC(=O)NC1(C)CCc2cc(NC(=O)[C@@H](N)C(C3CC3)C3CC3)ccc21. The Morgan fingerprint density at radius 3 is 2.37 bits per heavy atom. The van der Waals surface area contributed by atoms with Crippen molar-refractivity contribution >= 4 is 17.7 Å². The fourth-order valence-electron chi connectivity index (χ4n) is 4.93. The third kappa shape index (κ3) is 4.64. The molecular weight excluding hydrogens is 378 g/mol. The van der Waals surface area contributed by atoms with Crippen LogP contribution < -0.4 is 16.4 Å². The summed E-state index contributed by atoms with van der Waals surface area (Å²) >= 11 is 0. The number of ether oxygens (including phenoxy) is 1. The van der Waals surface area contributed by atoms with E-state index in [4.69, 9.17) is 10.5 Å². The van der Waals surface area contributed by atoms with Gasteiger partial charge in [-0.25, -0.2) is 4.79 Å². The van der Waals surface area contributed by atoms with Crippen molar-refractivity contribution in [3.05, 3.63) is 29.3 Å². The predicted octanol–water partition coefficient (Wildman–Crippen LogP) is 4.07. The lowest BCUT2D eigenvalue weighted by Crippen LogP contribution is -2.44. The smallest absolute Gasteiger partial charge is 0.408 e. The fourth-order valence-corrected chi connectivity index (χ4v) is 4.93. The average Bonchev–Trinajstić information content (AvgIpc) is 3.54. The monoisotopic (exact) mass is 413 g/mol. The minimum atomic E-state index is -0.534. The summed E-state index contributed by atoms with van der Waals surface area (Å²) in [6, 6.07) is 5.50. The number of alkyl carbamates (subject to hydrolysis) is 1. The predicted molar refractivity (Wildman–Crippen MR) is 117 cm³/mol. The van der Waals surface area contributed by atoms with E-state index in [2.05, 4.69) is 10.6 Å². The first-order valence-corrected chi connectivity index (χ1v) is 11.3. The maximum absolute atomic E-state index is 12.8. The van der Waals surface area contributed by atoms with Crippen LogP contribution in [-0.4, -0.2) is 23.6 Å². The molecule has 3 aliphatic rings. The first-order valence-electron chi connectivity index (χ1n) is 11.3. The second-order valence-corrected chi connectivity index (χ2v) is 10.6. The van der Waals surface area contributed by atoms with Crippen molar-refractivity contribution in [2.24, 2.45) is 23.5 Å². The minimum absolute atomic E-state index is 0.0774. The Morgan fingerprint density at radius 1 is 1.17 bits per heavy atom. The highest BCUT2D eigenvalue weighted by molar-refractivity contribution is 5.95. The molecule has 0 radical (unpaired) electrons. The highest BCUT2D eigenvalue weighted by Crippen LogP contribution is 2.50. The van der Waals surface area contributed by atoms with Crippen LogP contribution in [-0.2, 0) is 21.5 Å². The minimum Gasteiger partial charge on any atom is -0.444 e. The Labute approximate surface area is 179 Å². The van der Waals surface area contributed by atoms with Crippen molar-refractivity contribution in [1.82, 2.24) is 5.32 Å². The molecule has 4 N–H and O–H groups in total. The van der Waals surface area contributed by atoms with E-state index in [0.717, 1.165) is 29.7 Å². The number of benzene rings is 1. The maximum Gasteiger partial charge on any atom is 0.408 e. The third-order valence-electron chi connectivity index (χ3n) is 6.69. The zero-order valence-electron chi connectivity index (χ0n) is 18.6. The van der Waals surface area contributed by atoms with Crippen LogP contribution in [0.3, 0.4) is 0 Å². The van der Waals surface area contributed by atoms with Crippen LogP contribution in [0.4, 0.5) is 10.5 Å². The number of carbonyl (C=O) groups excluding carboxylic acids is 2. The molecule has 30 heavy (non-hydrogen) atoms. The molecule has 0 aliphatic heterocycles. The summed E-state index contributed by atoms with van der Waals surface area (Å²) in [6.07, 6.45) is 6.07. The molecule has 3 aliphatic carbocycles. The Kier molecular flexibility index (Phi) is 5.33. The lowest BCUT2D eigenvalue weighted by atomic mass is 9.89. The number of anilines is 1. The van der Waals surface area contributed by atoms with Crippen LogP contribution in [0, 0.1) is 17.8 Å². The third-order valence-corrected chi connectivity index (χ3v) is 6.69. The van der Waals surface area contributed by atoms with Crippen molar-refractivity contribution < 1.29 is 14.3 Å². The summed E-state index contributed by atoms with van der Waals surface area (Å²) in [5.41, 5.74) is 8.36. The summed E-state index contributed by atoms with van der Waals surface area (Å²) < 4.78 is 5.43. The Hall–Kier alpha value is -2.08. The number of carbonyl (C=O) groups is 2. The highest BCUT2D eigenvalue weighted by Gasteiger charge is 2.46. The van der Waals surface area contributed by atoms with E-state index in [0.29, 0.717) is 17.8 Å². The molecule has 1 unspecified atom stereocenters. The molecule has 6 heteroatoms. The standard InChI is InChI=1S/C24H35N3O3/c1-23(2,3)30-22(29)27-24(4)12-11-16-13-17(9-10-18(16)24)26-21(28)20(25)19(14-5-6-14)15-7-8-15/h9-10,13-15,19-20H,5-8,11-12,25H2,1-4H3,(H,26,28)(H,27,29)/t20-,24?/m0/s1. The van der Waals surface area contributed by atoms with Gasteiger partial charge in [-0.3, -0.25) is 4.79 Å². The van der Waals surface area contributed by atoms with Crippen LogP contribution in [0.1, 0.15) is 70.9 Å². The lowest BCUT2D eigenvalue weighted by molar-refractivity contribution is -0.118. The van der Waals surface area contributed by atoms with Crippen molar-refractivity contribution in [2.45, 2.75) is 83.4 Å². The molecule has 0 heterocycles. The number of rotatable bonds is 6. The van der Waals surface area contributed by atoms with Crippen molar-refractivity contribution in [1.29, 1.82) is 0 Å². The molecule has 0 spiro atoms. The van der Waals surface area contributed by atoms with Gasteiger partial charge in [-0.2, -0.15) is 0 Å². The normalized spacial score (nSPS) is 24.3. The van der Waals surface area contributed by atoms with Gasteiger partial charge in [0.05, 0.1) is 11.6 Å². The molecule has 2 saturated carbocycles. The number of fused-ring (bicyclic) bond motifs is 1. The number of hydrogen-bond acceptors (Lipinski definition) is 4. The molecule has 1 aromatic carbocycles. The summed E-state index contributed by atoms with van der Waals surface area (Å²) in [4.78, 5) is 25.1. The molecular formula is C24H35N3O3. The van der Waals surface area contributed by atoms with Gasteiger partial charge >= 0.3 is 6.09 Å². The fraction of sp³-hybridized carbons (Fsp3) is 0.667. The zero-order chi connectivity index (χ0) is 21.7. The first-order chi connectivity index (χ1) is 14.1. The first kappa shape index (κ1) is 21.2. The molecule has 6 nitrogen and oxygen atoms in total. The van der Waals surface area contributed by atoms with Crippen LogP contribution in [0.25, 0.3) is 0 Å². The van der Waals surface area contributed by atoms with E-state index in [-0.39, 0.29) is 5.91 Å². The van der Waals surface area contributed by atoms with Gasteiger partial charge in [-0.05, 0) is 107 Å². The van der Waals surface area contributed by atoms with Gasteiger partial charge in [0.25, 0.3) is 0 Å². The van der Waals surface area contributed by atoms with Gasteiger partial charge in [-0.15, -0.1) is 0 Å². The van der Waals surface area contributed by atoms with Gasteiger partial charge in [-0.1, -0.05) is 6.07 Å². The van der Waals surface area contributed by atoms with Crippen LogP contribution in [0.5, 0.6) is 0 Å². The van der Waals surface area contributed by atoms with Crippen molar-refractivity contribution in [2.75, 3.05) is 5.32 Å². The summed E-state index contributed by atoms with van der Waals surface area (Å²) in [5, 5.41) is 6.07. The van der Waals surface area contributed by atoms with E-state index in [1.165, 1.54) is 25.7 Å². The van der Waals surface area contributed by atoms with E-state index in [1.807, 2.05) is 45.9 Å². The summed E-state index contributed by atoms with van der Waals surface area (Å²) in [7, 11) is 0. The van der Waals surface area contributed by atoms with E-state index < -0.39 is 23.3 Å². The van der Waals surface area contributed by atoms with Crippen molar-refractivity contribution in [3.8, 4) is 0 Å². The van der Waals surface area contributed by atoms with Gasteiger partial charge in [0.1, 0.15) is 5.60 Å². The van der Waals surface area contributed by atoms with E-state index in [9.17, 15) is 9.59 Å². The quantitative estimate of drug-likeness (QED) is 0.655. The second kappa shape index (κ2) is 7.56. The molecule has 2 fully saturated rings. The largest absolute Gasteiger partial charge is 0.444 e. The van der Waals surface area contributed by atoms with Crippen LogP contribution in [0.15, 0.2) is 18.2 Å². The number of amides is 2.